The lowest BCUT2D eigenvalue weighted by Gasteiger charge is -2.21. The molecule has 0 aliphatic carbocycles. The number of fused-ring (bicyclic) bond motifs is 1. The maximum atomic E-state index is 13.1. The molecule has 0 aliphatic rings. The van der Waals surface area contributed by atoms with Crippen LogP contribution < -0.4 is 4.90 Å². The van der Waals surface area contributed by atoms with Gasteiger partial charge in [-0.1, -0.05) is 22.9 Å². The number of carbonyl (C=O) groups excluding carboxylic acids is 1. The number of halogens is 3. The smallest absolute Gasteiger partial charge is 0.239 e. The molecule has 0 aliphatic heterocycles. The molecular formula is C21H24Cl2FN3OS2. The number of thioether (sulfide) groups is 1. The molecule has 162 valence electrons. The van der Waals surface area contributed by atoms with Gasteiger partial charge in [-0.25, -0.2) is 9.37 Å². The first-order valence-corrected chi connectivity index (χ1v) is 11.4. The SMILES string of the molecule is Cc1c(Cl)ccc2sc(N(CCCN(C)C)C(=O)CSc3ccc(F)cc3)nc12.Cl. The Labute approximate surface area is 195 Å². The standard InChI is InChI=1S/C21H23ClFN3OS2.ClH/c1-14-17(22)9-10-18-20(14)24-21(29-18)26(12-4-11-25(2)3)19(27)13-28-16-7-5-15(23)6-8-16;/h5-10H,4,11-13H2,1-3H3;1H. The summed E-state index contributed by atoms with van der Waals surface area (Å²) in [4.78, 5) is 22.5. The van der Waals surface area contributed by atoms with Crippen LogP contribution >= 0.6 is 47.1 Å². The molecule has 2 aromatic carbocycles. The van der Waals surface area contributed by atoms with E-state index in [4.69, 9.17) is 16.6 Å². The normalized spacial score (nSPS) is 11.0. The predicted octanol–water partition coefficient (Wildman–Crippen LogP) is 5.90. The van der Waals surface area contributed by atoms with Crippen LogP contribution in [0.5, 0.6) is 0 Å². The highest BCUT2D eigenvalue weighted by molar-refractivity contribution is 8.00. The quantitative estimate of drug-likeness (QED) is 0.370. The van der Waals surface area contributed by atoms with Gasteiger partial charge >= 0.3 is 0 Å². The van der Waals surface area contributed by atoms with E-state index in [1.54, 1.807) is 17.0 Å². The highest BCUT2D eigenvalue weighted by Gasteiger charge is 2.21. The molecular weight excluding hydrogens is 464 g/mol. The van der Waals surface area contributed by atoms with Crippen LogP contribution in [0, 0.1) is 12.7 Å². The molecule has 0 unspecified atom stereocenters. The molecule has 1 amide bonds. The summed E-state index contributed by atoms with van der Waals surface area (Å²) < 4.78 is 14.1. The molecule has 0 fully saturated rings. The number of nitrogens with zero attached hydrogens (tertiary/aromatic N) is 3. The molecule has 0 spiro atoms. The average molecular weight is 488 g/mol. The summed E-state index contributed by atoms with van der Waals surface area (Å²) in [6, 6.07) is 9.99. The number of benzene rings is 2. The number of hydrogen-bond donors (Lipinski definition) is 0. The number of rotatable bonds is 8. The first-order valence-electron chi connectivity index (χ1n) is 9.24. The Morgan fingerprint density at radius 1 is 1.17 bits per heavy atom. The summed E-state index contributed by atoms with van der Waals surface area (Å²) in [6.45, 7) is 3.41. The molecule has 0 radical (unpaired) electrons. The van der Waals surface area contributed by atoms with Crippen LogP contribution in [0.25, 0.3) is 10.2 Å². The van der Waals surface area contributed by atoms with Crippen molar-refractivity contribution in [2.24, 2.45) is 0 Å². The number of hydrogen-bond acceptors (Lipinski definition) is 5. The van der Waals surface area contributed by atoms with Crippen molar-refractivity contribution in [2.75, 3.05) is 37.8 Å². The number of aromatic nitrogens is 1. The predicted molar refractivity (Wildman–Crippen MR) is 129 cm³/mol. The van der Waals surface area contributed by atoms with Crippen molar-refractivity contribution in [1.82, 2.24) is 9.88 Å². The van der Waals surface area contributed by atoms with Gasteiger partial charge in [0.15, 0.2) is 5.13 Å². The first-order chi connectivity index (χ1) is 13.8. The summed E-state index contributed by atoms with van der Waals surface area (Å²) >= 11 is 9.14. The van der Waals surface area contributed by atoms with Gasteiger partial charge in [0.25, 0.3) is 0 Å². The van der Waals surface area contributed by atoms with Crippen molar-refractivity contribution in [3.63, 3.8) is 0 Å². The van der Waals surface area contributed by atoms with Gasteiger partial charge in [-0.05, 0) is 75.9 Å². The minimum atomic E-state index is -0.283. The van der Waals surface area contributed by atoms with Crippen molar-refractivity contribution in [3.05, 3.63) is 52.8 Å². The van der Waals surface area contributed by atoms with E-state index in [2.05, 4.69) is 4.90 Å². The van der Waals surface area contributed by atoms with E-state index in [1.807, 2.05) is 33.2 Å². The van der Waals surface area contributed by atoms with E-state index in [0.29, 0.717) is 16.7 Å². The van der Waals surface area contributed by atoms with Gasteiger partial charge in [0.05, 0.1) is 16.0 Å². The summed E-state index contributed by atoms with van der Waals surface area (Å²) in [6.07, 6.45) is 0.843. The fourth-order valence-corrected chi connectivity index (χ4v) is 4.83. The Bertz CT molecular complexity index is 996. The monoisotopic (exact) mass is 487 g/mol. The third kappa shape index (κ3) is 6.31. The topological polar surface area (TPSA) is 36.4 Å². The van der Waals surface area contributed by atoms with Crippen LogP contribution in [0.3, 0.4) is 0 Å². The van der Waals surface area contributed by atoms with Gasteiger partial charge < -0.3 is 4.90 Å². The Morgan fingerprint density at radius 2 is 1.87 bits per heavy atom. The van der Waals surface area contributed by atoms with Crippen molar-refractivity contribution in [3.8, 4) is 0 Å². The van der Waals surface area contributed by atoms with Crippen molar-refractivity contribution in [1.29, 1.82) is 0 Å². The molecule has 1 aromatic heterocycles. The Balaban J connectivity index is 0.00000320. The zero-order valence-corrected chi connectivity index (χ0v) is 20.2. The highest BCUT2D eigenvalue weighted by atomic mass is 35.5. The van der Waals surface area contributed by atoms with Crippen LogP contribution in [0.1, 0.15) is 12.0 Å². The number of aryl methyl sites for hydroxylation is 1. The average Bonchev–Trinajstić information content (AvgIpc) is 3.12. The van der Waals surface area contributed by atoms with E-state index in [1.165, 1.54) is 35.2 Å². The van der Waals surface area contributed by atoms with Gasteiger partial charge in [-0.15, -0.1) is 24.2 Å². The third-order valence-electron chi connectivity index (χ3n) is 4.43. The van der Waals surface area contributed by atoms with Crippen LogP contribution in [0.15, 0.2) is 41.3 Å². The lowest BCUT2D eigenvalue weighted by atomic mass is 10.2. The zero-order valence-electron chi connectivity index (χ0n) is 17.0. The summed E-state index contributed by atoms with van der Waals surface area (Å²) in [5.41, 5.74) is 1.77. The summed E-state index contributed by atoms with van der Waals surface area (Å²) in [5, 5.41) is 1.36. The molecule has 0 saturated carbocycles. The zero-order chi connectivity index (χ0) is 21.0. The maximum Gasteiger partial charge on any atom is 0.239 e. The summed E-state index contributed by atoms with van der Waals surface area (Å²) in [5.74, 6) is -0.0288. The maximum absolute atomic E-state index is 13.1. The van der Waals surface area contributed by atoms with E-state index in [0.717, 1.165) is 33.6 Å². The lowest BCUT2D eigenvalue weighted by Crippen LogP contribution is -2.34. The fraction of sp³-hybridized carbons (Fsp3) is 0.333. The molecule has 0 N–H and O–H groups in total. The number of anilines is 1. The fourth-order valence-electron chi connectivity index (χ4n) is 2.83. The molecule has 3 aromatic rings. The van der Waals surface area contributed by atoms with Crippen LogP contribution in [-0.2, 0) is 4.79 Å². The van der Waals surface area contributed by atoms with E-state index >= 15 is 0 Å². The van der Waals surface area contributed by atoms with Crippen molar-refractivity contribution in [2.45, 2.75) is 18.2 Å². The molecule has 0 atom stereocenters. The third-order valence-corrected chi connectivity index (χ3v) is 6.88. The van der Waals surface area contributed by atoms with E-state index in [9.17, 15) is 9.18 Å². The van der Waals surface area contributed by atoms with E-state index in [-0.39, 0.29) is 29.9 Å². The Hall–Kier alpha value is -1.38. The molecule has 3 rings (SSSR count). The lowest BCUT2D eigenvalue weighted by molar-refractivity contribution is -0.116. The van der Waals surface area contributed by atoms with Crippen molar-refractivity contribution >= 4 is 68.4 Å². The van der Waals surface area contributed by atoms with Gasteiger partial charge in [-0.3, -0.25) is 9.69 Å². The molecule has 0 saturated heterocycles. The van der Waals surface area contributed by atoms with E-state index < -0.39 is 0 Å². The van der Waals surface area contributed by atoms with Crippen LogP contribution in [-0.4, -0.2) is 48.7 Å². The second-order valence-electron chi connectivity index (χ2n) is 6.96. The largest absolute Gasteiger partial charge is 0.309 e. The molecule has 0 bridgehead atoms. The van der Waals surface area contributed by atoms with Gasteiger partial charge in [0, 0.05) is 16.5 Å². The molecule has 30 heavy (non-hydrogen) atoms. The second-order valence-corrected chi connectivity index (χ2v) is 9.43. The number of carbonyl (C=O) groups is 1. The minimum Gasteiger partial charge on any atom is -0.309 e. The number of amides is 1. The first kappa shape index (κ1) is 24.9. The summed E-state index contributed by atoms with van der Waals surface area (Å²) in [7, 11) is 4.03. The molecule has 4 nitrogen and oxygen atoms in total. The molecule has 9 heteroatoms. The van der Waals surface area contributed by atoms with Gasteiger partial charge in [0.1, 0.15) is 5.82 Å². The second kappa shape index (κ2) is 11.3. The van der Waals surface area contributed by atoms with Gasteiger partial charge in [0.2, 0.25) is 5.91 Å². The molecule has 1 heterocycles. The number of thiazole rings is 1. The Morgan fingerprint density at radius 3 is 2.53 bits per heavy atom. The highest BCUT2D eigenvalue weighted by Crippen LogP contribution is 2.34. The Kier molecular flexibility index (Phi) is 9.37. The van der Waals surface area contributed by atoms with Crippen LogP contribution in [0.4, 0.5) is 9.52 Å². The van der Waals surface area contributed by atoms with Crippen LogP contribution in [0.2, 0.25) is 5.02 Å². The van der Waals surface area contributed by atoms with Crippen molar-refractivity contribution < 1.29 is 9.18 Å². The minimum absolute atomic E-state index is 0. The van der Waals surface area contributed by atoms with Gasteiger partial charge in [-0.2, -0.15) is 0 Å².